The minimum atomic E-state index is -1.54. The molecular formula is C8H20BClN2O3. The highest BCUT2D eigenvalue weighted by molar-refractivity contribution is 6.43. The van der Waals surface area contributed by atoms with Crippen LogP contribution in [-0.4, -0.2) is 35.1 Å². The number of hydrogen-bond donors (Lipinski definition) is 4. The standard InChI is InChI=1S/C8H19BN2O3.ClH/c1-5(2)4-7(9(13)14)11-8(12)6(3)10;/h5-7,13-14H,4,10H2,1-3H3,(H,11,12);1H/t6-,7-;/m0./s1. The first-order chi connectivity index (χ1) is 6.34. The average Bonchev–Trinajstić information content (AvgIpc) is 2.01. The molecular weight excluding hydrogens is 218 g/mol. The van der Waals surface area contributed by atoms with Gasteiger partial charge >= 0.3 is 7.12 Å². The summed E-state index contributed by atoms with van der Waals surface area (Å²) in [6, 6.07) is -0.636. The number of halogens is 1. The van der Waals surface area contributed by atoms with Crippen molar-refractivity contribution in [2.75, 3.05) is 0 Å². The largest absolute Gasteiger partial charge is 0.475 e. The molecule has 0 unspecified atom stereocenters. The van der Waals surface area contributed by atoms with Crippen LogP contribution in [0, 0.1) is 5.92 Å². The highest BCUT2D eigenvalue weighted by atomic mass is 35.5. The van der Waals surface area contributed by atoms with E-state index in [2.05, 4.69) is 5.32 Å². The van der Waals surface area contributed by atoms with Crippen LogP contribution in [0.3, 0.4) is 0 Å². The van der Waals surface area contributed by atoms with E-state index in [-0.39, 0.29) is 24.2 Å². The third-order valence-electron chi connectivity index (χ3n) is 1.83. The molecule has 90 valence electrons. The quantitative estimate of drug-likeness (QED) is 0.476. The lowest BCUT2D eigenvalue weighted by Gasteiger charge is -2.20. The number of amides is 1. The third-order valence-corrected chi connectivity index (χ3v) is 1.83. The Labute approximate surface area is 97.0 Å². The smallest absolute Gasteiger partial charge is 0.426 e. The Balaban J connectivity index is 0. The van der Waals surface area contributed by atoms with Crippen molar-refractivity contribution in [2.45, 2.75) is 39.2 Å². The van der Waals surface area contributed by atoms with Crippen molar-refractivity contribution in [3.05, 3.63) is 0 Å². The number of carbonyl (C=O) groups is 1. The Kier molecular flexibility index (Phi) is 9.04. The van der Waals surface area contributed by atoms with Crippen LogP contribution in [-0.2, 0) is 4.79 Å². The molecule has 0 saturated carbocycles. The van der Waals surface area contributed by atoms with E-state index in [9.17, 15) is 4.79 Å². The molecule has 7 heteroatoms. The summed E-state index contributed by atoms with van der Waals surface area (Å²) in [5.74, 6) is -0.743. The second-order valence-electron chi connectivity index (χ2n) is 3.95. The second kappa shape index (κ2) is 7.93. The van der Waals surface area contributed by atoms with E-state index < -0.39 is 19.1 Å². The maximum absolute atomic E-state index is 11.2. The molecule has 0 spiro atoms. The fourth-order valence-corrected chi connectivity index (χ4v) is 1.08. The maximum Gasteiger partial charge on any atom is 0.475 e. The van der Waals surface area contributed by atoms with Gasteiger partial charge in [0.1, 0.15) is 0 Å². The SMILES string of the molecule is CC(C)C[C@H](NC(=O)[C@H](C)N)B(O)O.Cl. The lowest BCUT2D eigenvalue weighted by atomic mass is 9.75. The monoisotopic (exact) mass is 238 g/mol. The highest BCUT2D eigenvalue weighted by Crippen LogP contribution is 2.05. The first-order valence-corrected chi connectivity index (χ1v) is 4.76. The lowest BCUT2D eigenvalue weighted by Crippen LogP contribution is -2.51. The van der Waals surface area contributed by atoms with E-state index >= 15 is 0 Å². The van der Waals surface area contributed by atoms with Gasteiger partial charge in [-0.2, -0.15) is 0 Å². The number of nitrogens with two attached hydrogens (primary N) is 1. The van der Waals surface area contributed by atoms with Crippen molar-refractivity contribution in [1.29, 1.82) is 0 Å². The Hall–Kier alpha value is -0.295. The van der Waals surface area contributed by atoms with Crippen LogP contribution in [0.15, 0.2) is 0 Å². The molecule has 0 fully saturated rings. The average molecular weight is 239 g/mol. The fraction of sp³-hybridized carbons (Fsp3) is 0.875. The zero-order valence-electron chi connectivity index (χ0n) is 9.30. The van der Waals surface area contributed by atoms with Crippen molar-refractivity contribution in [3.63, 3.8) is 0 Å². The second-order valence-corrected chi connectivity index (χ2v) is 3.95. The molecule has 0 aliphatic heterocycles. The summed E-state index contributed by atoms with van der Waals surface area (Å²) < 4.78 is 0. The molecule has 0 aliphatic carbocycles. The van der Waals surface area contributed by atoms with Crippen molar-refractivity contribution < 1.29 is 14.8 Å². The minimum Gasteiger partial charge on any atom is -0.426 e. The zero-order chi connectivity index (χ0) is 11.3. The summed E-state index contributed by atoms with van der Waals surface area (Å²) in [5.41, 5.74) is 5.34. The molecule has 0 aromatic heterocycles. The molecule has 0 saturated heterocycles. The van der Waals surface area contributed by atoms with Gasteiger partial charge in [-0.25, -0.2) is 0 Å². The lowest BCUT2D eigenvalue weighted by molar-refractivity contribution is -0.122. The van der Waals surface area contributed by atoms with Gasteiger partial charge in [0.2, 0.25) is 5.91 Å². The van der Waals surface area contributed by atoms with Crippen LogP contribution in [0.4, 0.5) is 0 Å². The van der Waals surface area contributed by atoms with E-state index in [1.807, 2.05) is 13.8 Å². The molecule has 5 N–H and O–H groups in total. The molecule has 1 amide bonds. The van der Waals surface area contributed by atoms with Crippen LogP contribution in [0.5, 0.6) is 0 Å². The molecule has 15 heavy (non-hydrogen) atoms. The van der Waals surface area contributed by atoms with Gasteiger partial charge in [0.15, 0.2) is 0 Å². The van der Waals surface area contributed by atoms with Gasteiger partial charge in [-0.3, -0.25) is 4.79 Å². The predicted molar refractivity (Wildman–Crippen MR) is 62.5 cm³/mol. The summed E-state index contributed by atoms with van der Waals surface area (Å²) >= 11 is 0. The summed E-state index contributed by atoms with van der Waals surface area (Å²) in [4.78, 5) is 11.2. The summed E-state index contributed by atoms with van der Waals surface area (Å²) in [5, 5.41) is 20.5. The molecule has 0 radical (unpaired) electrons. The predicted octanol–water partition coefficient (Wildman–Crippen LogP) is -0.702. The number of nitrogens with one attached hydrogen (secondary N) is 1. The minimum absolute atomic E-state index is 0. The molecule has 0 aromatic carbocycles. The number of carbonyl (C=O) groups excluding carboxylic acids is 1. The molecule has 0 aliphatic rings. The normalized spacial score (nSPS) is 14.1. The van der Waals surface area contributed by atoms with Crippen LogP contribution < -0.4 is 11.1 Å². The Bertz CT molecular complexity index is 191. The molecule has 0 rings (SSSR count). The third kappa shape index (κ3) is 7.61. The van der Waals surface area contributed by atoms with Crippen LogP contribution in [0.25, 0.3) is 0 Å². The molecule has 5 nitrogen and oxygen atoms in total. The first kappa shape index (κ1) is 17.1. The molecule has 0 aromatic rings. The first-order valence-electron chi connectivity index (χ1n) is 4.76. The van der Waals surface area contributed by atoms with Crippen LogP contribution in [0.2, 0.25) is 0 Å². The van der Waals surface area contributed by atoms with Gasteiger partial charge in [-0.05, 0) is 19.3 Å². The summed E-state index contributed by atoms with van der Waals surface area (Å²) in [6.07, 6.45) is 0.510. The van der Waals surface area contributed by atoms with Crippen molar-refractivity contribution >= 4 is 25.4 Å². The van der Waals surface area contributed by atoms with E-state index in [4.69, 9.17) is 15.8 Å². The van der Waals surface area contributed by atoms with Gasteiger partial charge < -0.3 is 21.1 Å². The van der Waals surface area contributed by atoms with Gasteiger partial charge in [0.05, 0.1) is 12.0 Å². The van der Waals surface area contributed by atoms with Crippen molar-refractivity contribution in [2.24, 2.45) is 11.7 Å². The van der Waals surface area contributed by atoms with Crippen molar-refractivity contribution in [1.82, 2.24) is 5.32 Å². The van der Waals surface area contributed by atoms with Gasteiger partial charge in [-0.1, -0.05) is 13.8 Å². The van der Waals surface area contributed by atoms with Gasteiger partial charge in [-0.15, -0.1) is 12.4 Å². The Morgan fingerprint density at radius 1 is 1.40 bits per heavy atom. The zero-order valence-corrected chi connectivity index (χ0v) is 10.1. The van der Waals surface area contributed by atoms with E-state index in [0.29, 0.717) is 6.42 Å². The summed E-state index contributed by atoms with van der Waals surface area (Å²) in [6.45, 7) is 5.42. The van der Waals surface area contributed by atoms with Gasteiger partial charge in [0.25, 0.3) is 0 Å². The maximum atomic E-state index is 11.2. The van der Waals surface area contributed by atoms with E-state index in [0.717, 1.165) is 0 Å². The molecule has 0 heterocycles. The fourth-order valence-electron chi connectivity index (χ4n) is 1.08. The van der Waals surface area contributed by atoms with Gasteiger partial charge in [0, 0.05) is 0 Å². The molecule has 2 atom stereocenters. The Morgan fingerprint density at radius 2 is 1.87 bits per heavy atom. The summed E-state index contributed by atoms with van der Waals surface area (Å²) in [7, 11) is -1.54. The van der Waals surface area contributed by atoms with E-state index in [1.165, 1.54) is 0 Å². The van der Waals surface area contributed by atoms with Crippen LogP contribution >= 0.6 is 12.4 Å². The number of hydrogen-bond acceptors (Lipinski definition) is 4. The van der Waals surface area contributed by atoms with E-state index in [1.54, 1.807) is 6.92 Å². The highest BCUT2D eigenvalue weighted by Gasteiger charge is 2.26. The number of rotatable bonds is 5. The van der Waals surface area contributed by atoms with Crippen molar-refractivity contribution in [3.8, 4) is 0 Å². The Morgan fingerprint density at radius 3 is 2.13 bits per heavy atom. The molecule has 0 bridgehead atoms. The van der Waals surface area contributed by atoms with Crippen LogP contribution in [0.1, 0.15) is 27.2 Å². The topological polar surface area (TPSA) is 95.6 Å².